The Kier molecular flexibility index (Phi) is 4.81. The fraction of sp³-hybridized carbons (Fsp3) is 0.421. The minimum absolute atomic E-state index is 0.0823. The lowest BCUT2D eigenvalue weighted by atomic mass is 10.1. The van der Waals surface area contributed by atoms with E-state index in [1.807, 2.05) is 19.9 Å². The quantitative estimate of drug-likeness (QED) is 0.790. The summed E-state index contributed by atoms with van der Waals surface area (Å²) in [5.74, 6) is -1.68. The van der Waals surface area contributed by atoms with Crippen LogP contribution in [0.25, 0.3) is 5.69 Å². The summed E-state index contributed by atoms with van der Waals surface area (Å²) in [4.78, 5) is 14.9. The molecule has 1 aliphatic rings. The van der Waals surface area contributed by atoms with Crippen LogP contribution in [-0.4, -0.2) is 34.9 Å². The van der Waals surface area contributed by atoms with Crippen molar-refractivity contribution in [3.05, 3.63) is 52.9 Å². The van der Waals surface area contributed by atoms with E-state index in [9.17, 15) is 13.6 Å². The summed E-state index contributed by atoms with van der Waals surface area (Å²) < 4.78 is 28.5. The van der Waals surface area contributed by atoms with Gasteiger partial charge in [-0.05, 0) is 58.0 Å². The van der Waals surface area contributed by atoms with Crippen molar-refractivity contribution >= 4 is 5.78 Å². The Morgan fingerprint density at radius 3 is 2.42 bits per heavy atom. The van der Waals surface area contributed by atoms with Gasteiger partial charge in [0.15, 0.2) is 17.4 Å². The lowest BCUT2D eigenvalue weighted by Gasteiger charge is -2.25. The molecule has 0 unspecified atom stereocenters. The SMILES string of the molecule is Cc1cc(C(=O)CN2CCCCC2)c(C)n1-c1ccc(F)c(F)c1. The molecule has 3 rings (SSSR count). The Hall–Kier alpha value is -2.01. The van der Waals surface area contributed by atoms with Gasteiger partial charge in [-0.15, -0.1) is 0 Å². The maximum absolute atomic E-state index is 13.5. The Morgan fingerprint density at radius 2 is 1.75 bits per heavy atom. The van der Waals surface area contributed by atoms with Crippen molar-refractivity contribution in [3.8, 4) is 5.69 Å². The number of ketones is 1. The van der Waals surface area contributed by atoms with Crippen molar-refractivity contribution in [2.45, 2.75) is 33.1 Å². The second kappa shape index (κ2) is 6.85. The lowest BCUT2D eigenvalue weighted by molar-refractivity contribution is 0.0915. The molecule has 1 fully saturated rings. The molecule has 24 heavy (non-hydrogen) atoms. The molecule has 0 N–H and O–H groups in total. The van der Waals surface area contributed by atoms with Gasteiger partial charge < -0.3 is 4.57 Å². The van der Waals surface area contributed by atoms with Gasteiger partial charge in [-0.2, -0.15) is 0 Å². The van der Waals surface area contributed by atoms with Crippen molar-refractivity contribution in [1.29, 1.82) is 0 Å². The van der Waals surface area contributed by atoms with Gasteiger partial charge in [0.2, 0.25) is 0 Å². The third-order valence-corrected chi connectivity index (χ3v) is 4.71. The highest BCUT2D eigenvalue weighted by atomic mass is 19.2. The first-order chi connectivity index (χ1) is 11.5. The molecule has 5 heteroatoms. The fourth-order valence-electron chi connectivity index (χ4n) is 3.47. The molecule has 0 radical (unpaired) electrons. The summed E-state index contributed by atoms with van der Waals surface area (Å²) in [7, 11) is 0. The standard InChI is InChI=1S/C19H22F2N2O/c1-13-10-16(19(24)12-22-8-4-3-5-9-22)14(2)23(13)15-6-7-17(20)18(21)11-15/h6-7,10-11H,3-5,8-9,12H2,1-2H3. The number of rotatable bonds is 4. The highest BCUT2D eigenvalue weighted by molar-refractivity contribution is 5.99. The molecule has 0 saturated carbocycles. The summed E-state index contributed by atoms with van der Waals surface area (Å²) in [5.41, 5.74) is 2.78. The third-order valence-electron chi connectivity index (χ3n) is 4.71. The van der Waals surface area contributed by atoms with Crippen molar-refractivity contribution in [1.82, 2.24) is 9.47 Å². The molecule has 1 saturated heterocycles. The number of hydrogen-bond donors (Lipinski definition) is 0. The molecule has 128 valence electrons. The molecule has 1 aliphatic heterocycles. The highest BCUT2D eigenvalue weighted by Crippen LogP contribution is 2.23. The Labute approximate surface area is 140 Å². The average molecular weight is 332 g/mol. The zero-order valence-corrected chi connectivity index (χ0v) is 14.1. The summed E-state index contributed by atoms with van der Waals surface area (Å²) in [6.45, 7) is 6.06. The van der Waals surface area contributed by atoms with Crippen LogP contribution >= 0.6 is 0 Å². The van der Waals surface area contributed by atoms with Gasteiger partial charge in [-0.1, -0.05) is 6.42 Å². The van der Waals surface area contributed by atoms with Crippen molar-refractivity contribution in [3.63, 3.8) is 0 Å². The van der Waals surface area contributed by atoms with Gasteiger partial charge in [0.25, 0.3) is 0 Å². The van der Waals surface area contributed by atoms with Crippen LogP contribution < -0.4 is 0 Å². The number of likely N-dealkylation sites (tertiary alicyclic amines) is 1. The summed E-state index contributed by atoms with van der Waals surface area (Å²) in [6, 6.07) is 5.63. The van der Waals surface area contributed by atoms with E-state index >= 15 is 0 Å². The molecule has 0 aliphatic carbocycles. The number of halogens is 2. The first-order valence-electron chi connectivity index (χ1n) is 8.37. The van der Waals surface area contributed by atoms with Gasteiger partial charge in [-0.25, -0.2) is 8.78 Å². The van der Waals surface area contributed by atoms with Crippen LogP contribution in [0.1, 0.15) is 41.0 Å². The van der Waals surface area contributed by atoms with Crippen LogP contribution in [0.3, 0.4) is 0 Å². The second-order valence-electron chi connectivity index (χ2n) is 6.48. The molecule has 3 nitrogen and oxygen atoms in total. The predicted octanol–water partition coefficient (Wildman–Crippen LogP) is 4.04. The molecule has 1 aromatic carbocycles. The van der Waals surface area contributed by atoms with E-state index in [2.05, 4.69) is 4.90 Å². The third kappa shape index (κ3) is 3.26. The molecule has 2 aromatic rings. The van der Waals surface area contributed by atoms with E-state index in [-0.39, 0.29) is 5.78 Å². The number of nitrogens with zero attached hydrogens (tertiary/aromatic N) is 2. The topological polar surface area (TPSA) is 25.2 Å². The molecule has 2 heterocycles. The van der Waals surface area contributed by atoms with Crippen molar-refractivity contribution < 1.29 is 13.6 Å². The van der Waals surface area contributed by atoms with E-state index in [1.165, 1.54) is 12.5 Å². The molecule has 0 spiro atoms. The maximum Gasteiger partial charge on any atom is 0.178 e. The van der Waals surface area contributed by atoms with Crippen LogP contribution in [0.5, 0.6) is 0 Å². The number of piperidine rings is 1. The van der Waals surface area contributed by atoms with Crippen LogP contribution in [0.2, 0.25) is 0 Å². The summed E-state index contributed by atoms with van der Waals surface area (Å²) >= 11 is 0. The minimum Gasteiger partial charge on any atom is -0.318 e. The second-order valence-corrected chi connectivity index (χ2v) is 6.48. The highest BCUT2D eigenvalue weighted by Gasteiger charge is 2.20. The van der Waals surface area contributed by atoms with Crippen molar-refractivity contribution in [2.75, 3.05) is 19.6 Å². The number of carbonyl (C=O) groups excluding carboxylic acids is 1. The number of Topliss-reactive ketones (excluding diaryl/α,β-unsaturated/α-hetero) is 1. The van der Waals surface area contributed by atoms with E-state index in [0.717, 1.165) is 49.5 Å². The number of aromatic nitrogens is 1. The zero-order chi connectivity index (χ0) is 17.3. The van der Waals surface area contributed by atoms with Crippen LogP contribution in [0.4, 0.5) is 8.78 Å². The van der Waals surface area contributed by atoms with Gasteiger partial charge in [0, 0.05) is 28.7 Å². The minimum atomic E-state index is -0.888. The molecule has 0 atom stereocenters. The molecule has 1 aromatic heterocycles. The molecular formula is C19H22F2N2O. The van der Waals surface area contributed by atoms with Crippen molar-refractivity contribution in [2.24, 2.45) is 0 Å². The number of benzene rings is 1. The van der Waals surface area contributed by atoms with Crippen LogP contribution in [0.15, 0.2) is 24.3 Å². The van der Waals surface area contributed by atoms with E-state index in [1.54, 1.807) is 4.57 Å². The molecule has 0 amide bonds. The maximum atomic E-state index is 13.5. The largest absolute Gasteiger partial charge is 0.318 e. The fourth-order valence-corrected chi connectivity index (χ4v) is 3.47. The Bertz CT molecular complexity index is 761. The van der Waals surface area contributed by atoms with Crippen LogP contribution in [0, 0.1) is 25.5 Å². The predicted molar refractivity (Wildman–Crippen MR) is 89.8 cm³/mol. The lowest BCUT2D eigenvalue weighted by Crippen LogP contribution is -2.34. The van der Waals surface area contributed by atoms with E-state index in [4.69, 9.17) is 0 Å². The van der Waals surface area contributed by atoms with Gasteiger partial charge >= 0.3 is 0 Å². The van der Waals surface area contributed by atoms with E-state index < -0.39 is 11.6 Å². The van der Waals surface area contributed by atoms with E-state index in [0.29, 0.717) is 17.8 Å². The Balaban J connectivity index is 1.88. The first-order valence-corrected chi connectivity index (χ1v) is 8.37. The van der Waals surface area contributed by atoms with Gasteiger partial charge in [-0.3, -0.25) is 9.69 Å². The molecule has 0 bridgehead atoms. The van der Waals surface area contributed by atoms with Gasteiger partial charge in [0.05, 0.1) is 6.54 Å². The van der Waals surface area contributed by atoms with Crippen LogP contribution in [-0.2, 0) is 0 Å². The first kappa shape index (κ1) is 16.8. The van der Waals surface area contributed by atoms with Gasteiger partial charge in [0.1, 0.15) is 0 Å². The number of hydrogen-bond acceptors (Lipinski definition) is 2. The normalized spacial score (nSPS) is 15.7. The Morgan fingerprint density at radius 1 is 1.04 bits per heavy atom. The average Bonchev–Trinajstić information content (AvgIpc) is 2.86. The monoisotopic (exact) mass is 332 g/mol. The summed E-state index contributed by atoms with van der Waals surface area (Å²) in [6.07, 6.45) is 3.51. The number of aryl methyl sites for hydroxylation is 1. The summed E-state index contributed by atoms with van der Waals surface area (Å²) in [5, 5.41) is 0. The number of carbonyl (C=O) groups is 1. The smallest absolute Gasteiger partial charge is 0.178 e. The molecular weight excluding hydrogens is 310 g/mol. The zero-order valence-electron chi connectivity index (χ0n) is 14.1.